The van der Waals surface area contributed by atoms with Gasteiger partial charge in [0, 0.05) is 24.1 Å². The molecule has 3 aromatic rings. The highest BCUT2D eigenvalue weighted by Crippen LogP contribution is 2.27. The molecule has 0 heterocycles. The lowest BCUT2D eigenvalue weighted by molar-refractivity contribution is -0.123. The van der Waals surface area contributed by atoms with Crippen molar-refractivity contribution in [3.8, 4) is 5.75 Å². The summed E-state index contributed by atoms with van der Waals surface area (Å²) in [5.74, 6) is 0.258. The minimum Gasteiger partial charge on any atom is -0.496 e. The molecule has 2 amide bonds. The molecule has 0 aliphatic rings. The van der Waals surface area contributed by atoms with Crippen molar-refractivity contribution in [2.24, 2.45) is 0 Å². The molecule has 0 aromatic heterocycles. The van der Waals surface area contributed by atoms with Crippen LogP contribution in [0.1, 0.15) is 27.5 Å². The van der Waals surface area contributed by atoms with Crippen molar-refractivity contribution in [2.75, 3.05) is 27.7 Å². The number of benzene rings is 3. The maximum atomic E-state index is 13.3. The topological polar surface area (TPSA) is 70.7 Å². The molecule has 0 fully saturated rings. The summed E-state index contributed by atoms with van der Waals surface area (Å²) in [4.78, 5) is 28.1. The zero-order valence-electron chi connectivity index (χ0n) is 19.3. The van der Waals surface area contributed by atoms with Gasteiger partial charge in [-0.05, 0) is 37.9 Å². The number of carbonyl (C=O) groups is 2. The summed E-state index contributed by atoms with van der Waals surface area (Å²) in [7, 11) is 5.56. The number of para-hydroxylation sites is 1. The molecule has 0 aliphatic carbocycles. The van der Waals surface area contributed by atoms with E-state index in [1.807, 2.05) is 79.7 Å². The highest BCUT2D eigenvalue weighted by molar-refractivity contribution is 5.97. The number of likely N-dealkylation sites (N-methyl/N-ethyl adjacent to an activating group) is 1. The zero-order chi connectivity index (χ0) is 23.6. The zero-order valence-corrected chi connectivity index (χ0v) is 19.3. The number of methoxy groups -OCH3 is 1. The number of carbonyl (C=O) groups excluding carboxylic acids is 2. The van der Waals surface area contributed by atoms with E-state index >= 15 is 0 Å². The summed E-state index contributed by atoms with van der Waals surface area (Å²) in [6, 6.07) is 25.6. The van der Waals surface area contributed by atoms with E-state index in [0.717, 1.165) is 16.9 Å². The van der Waals surface area contributed by atoms with Crippen LogP contribution >= 0.6 is 0 Å². The lowest BCUT2D eigenvalue weighted by atomic mass is 10.0. The van der Waals surface area contributed by atoms with Crippen LogP contribution in [0.3, 0.4) is 0 Å². The molecule has 2 unspecified atom stereocenters. The maximum absolute atomic E-state index is 13.3. The van der Waals surface area contributed by atoms with Crippen molar-refractivity contribution >= 4 is 11.8 Å². The van der Waals surface area contributed by atoms with E-state index in [-0.39, 0.29) is 17.9 Å². The monoisotopic (exact) mass is 445 g/mol. The summed E-state index contributed by atoms with van der Waals surface area (Å²) in [6.07, 6.45) is 0.395. The Hall–Kier alpha value is -3.64. The molecule has 0 bridgehead atoms. The fourth-order valence-electron chi connectivity index (χ4n) is 3.72. The van der Waals surface area contributed by atoms with Crippen LogP contribution in [0, 0.1) is 0 Å². The average Bonchev–Trinajstić information content (AvgIpc) is 2.84. The molecular weight excluding hydrogens is 414 g/mol. The van der Waals surface area contributed by atoms with E-state index < -0.39 is 6.04 Å². The largest absolute Gasteiger partial charge is 0.496 e. The standard InChI is InChI=1S/C27H31N3O3/c1-30(2)24(22-16-10-11-17-25(22)33-3)19-28-27(32)23(18-20-12-6-4-7-13-20)29-26(31)21-14-8-5-9-15-21/h4-17,23-24H,18-19H2,1-3H3,(H,28,32)(H,29,31). The van der Waals surface area contributed by atoms with Gasteiger partial charge in [0.15, 0.2) is 0 Å². The Balaban J connectivity index is 1.76. The third kappa shape index (κ3) is 6.67. The van der Waals surface area contributed by atoms with Crippen LogP contribution in [-0.2, 0) is 11.2 Å². The third-order valence-electron chi connectivity index (χ3n) is 5.53. The smallest absolute Gasteiger partial charge is 0.251 e. The second-order valence-corrected chi connectivity index (χ2v) is 8.05. The molecule has 3 rings (SSSR count). The molecule has 0 spiro atoms. The van der Waals surface area contributed by atoms with Gasteiger partial charge >= 0.3 is 0 Å². The minimum atomic E-state index is -0.708. The minimum absolute atomic E-state index is 0.0905. The van der Waals surface area contributed by atoms with Crippen LogP contribution in [0.15, 0.2) is 84.9 Å². The van der Waals surface area contributed by atoms with E-state index in [1.165, 1.54) is 0 Å². The highest BCUT2D eigenvalue weighted by atomic mass is 16.5. The maximum Gasteiger partial charge on any atom is 0.251 e. The summed E-state index contributed by atoms with van der Waals surface area (Å²) in [5, 5.41) is 5.95. The lowest BCUT2D eigenvalue weighted by Gasteiger charge is -2.27. The Morgan fingerprint density at radius 3 is 2.12 bits per heavy atom. The Kier molecular flexibility index (Phi) is 8.61. The molecule has 0 radical (unpaired) electrons. The van der Waals surface area contributed by atoms with E-state index in [2.05, 4.69) is 10.6 Å². The molecule has 33 heavy (non-hydrogen) atoms. The van der Waals surface area contributed by atoms with Crippen molar-refractivity contribution in [1.82, 2.24) is 15.5 Å². The van der Waals surface area contributed by atoms with Crippen LogP contribution in [0.2, 0.25) is 0 Å². The molecule has 0 saturated heterocycles. The summed E-state index contributed by atoms with van der Waals surface area (Å²) < 4.78 is 5.51. The van der Waals surface area contributed by atoms with Crippen molar-refractivity contribution in [1.29, 1.82) is 0 Å². The fourth-order valence-corrected chi connectivity index (χ4v) is 3.72. The summed E-state index contributed by atoms with van der Waals surface area (Å²) in [5.41, 5.74) is 2.47. The van der Waals surface area contributed by atoms with Crippen LogP contribution in [-0.4, -0.2) is 50.5 Å². The number of ether oxygens (including phenoxy) is 1. The first kappa shape index (κ1) is 24.0. The number of nitrogens with zero attached hydrogens (tertiary/aromatic N) is 1. The van der Waals surface area contributed by atoms with Gasteiger partial charge < -0.3 is 20.3 Å². The molecule has 172 valence electrons. The molecule has 6 heteroatoms. The number of hydrogen-bond acceptors (Lipinski definition) is 4. The van der Waals surface area contributed by atoms with E-state index in [4.69, 9.17) is 4.74 Å². The Labute approximate surface area is 195 Å². The number of hydrogen-bond donors (Lipinski definition) is 2. The van der Waals surface area contributed by atoms with Crippen LogP contribution in [0.25, 0.3) is 0 Å². The van der Waals surface area contributed by atoms with E-state index in [1.54, 1.807) is 31.4 Å². The van der Waals surface area contributed by atoms with Crippen LogP contribution in [0.5, 0.6) is 5.75 Å². The second kappa shape index (κ2) is 11.8. The number of rotatable bonds is 10. The van der Waals surface area contributed by atoms with E-state index in [0.29, 0.717) is 18.5 Å². The average molecular weight is 446 g/mol. The van der Waals surface area contributed by atoms with Gasteiger partial charge in [0.05, 0.1) is 13.2 Å². The van der Waals surface area contributed by atoms with Gasteiger partial charge in [-0.1, -0.05) is 66.7 Å². The predicted molar refractivity (Wildman–Crippen MR) is 130 cm³/mol. The molecule has 2 N–H and O–H groups in total. The SMILES string of the molecule is COc1ccccc1C(CNC(=O)C(Cc1ccccc1)NC(=O)c1ccccc1)N(C)C. The summed E-state index contributed by atoms with van der Waals surface area (Å²) in [6.45, 7) is 0.374. The van der Waals surface area contributed by atoms with Crippen molar-refractivity contribution < 1.29 is 14.3 Å². The van der Waals surface area contributed by atoms with Gasteiger partial charge in [0.25, 0.3) is 5.91 Å². The molecular formula is C27H31N3O3. The second-order valence-electron chi connectivity index (χ2n) is 8.05. The Morgan fingerprint density at radius 2 is 1.48 bits per heavy atom. The molecule has 0 saturated carbocycles. The molecule has 2 atom stereocenters. The Bertz CT molecular complexity index is 1040. The third-order valence-corrected chi connectivity index (χ3v) is 5.53. The van der Waals surface area contributed by atoms with E-state index in [9.17, 15) is 9.59 Å². The van der Waals surface area contributed by atoms with Crippen molar-refractivity contribution in [3.63, 3.8) is 0 Å². The van der Waals surface area contributed by atoms with Crippen molar-refractivity contribution in [2.45, 2.75) is 18.5 Å². The summed E-state index contributed by atoms with van der Waals surface area (Å²) >= 11 is 0. The first-order valence-corrected chi connectivity index (χ1v) is 11.0. The van der Waals surface area contributed by atoms with Gasteiger partial charge in [-0.15, -0.1) is 0 Å². The van der Waals surface area contributed by atoms with Crippen LogP contribution in [0.4, 0.5) is 0 Å². The molecule has 3 aromatic carbocycles. The van der Waals surface area contributed by atoms with Gasteiger partial charge in [0.1, 0.15) is 11.8 Å². The number of nitrogens with one attached hydrogen (secondary N) is 2. The Morgan fingerprint density at radius 1 is 0.879 bits per heavy atom. The van der Waals surface area contributed by atoms with Gasteiger partial charge in [-0.25, -0.2) is 0 Å². The lowest BCUT2D eigenvalue weighted by Crippen LogP contribution is -2.49. The molecule has 0 aliphatic heterocycles. The number of amides is 2. The fraction of sp³-hybridized carbons (Fsp3) is 0.259. The highest BCUT2D eigenvalue weighted by Gasteiger charge is 2.24. The quantitative estimate of drug-likeness (QED) is 0.502. The molecule has 6 nitrogen and oxygen atoms in total. The van der Waals surface area contributed by atoms with Gasteiger partial charge in [0.2, 0.25) is 5.91 Å². The normalized spacial score (nSPS) is 12.6. The van der Waals surface area contributed by atoms with Crippen LogP contribution < -0.4 is 15.4 Å². The van der Waals surface area contributed by atoms with Gasteiger partial charge in [-0.2, -0.15) is 0 Å². The van der Waals surface area contributed by atoms with Gasteiger partial charge in [-0.3, -0.25) is 9.59 Å². The van der Waals surface area contributed by atoms with Crippen molar-refractivity contribution in [3.05, 3.63) is 102 Å². The predicted octanol–water partition coefficient (Wildman–Crippen LogP) is 3.46. The first-order chi connectivity index (χ1) is 16.0. The first-order valence-electron chi connectivity index (χ1n) is 11.0.